The molecule has 4 nitrogen and oxygen atoms in total. The fourth-order valence-electron chi connectivity index (χ4n) is 1.25. The average molecular weight is 275 g/mol. The monoisotopic (exact) mass is 274 g/mol. The van der Waals surface area contributed by atoms with E-state index in [2.05, 4.69) is 21.2 Å². The zero-order valence-corrected chi connectivity index (χ0v) is 10.5. The van der Waals surface area contributed by atoms with E-state index in [4.69, 9.17) is 4.42 Å². The minimum absolute atomic E-state index is 0.0215. The van der Waals surface area contributed by atoms with E-state index in [1.165, 1.54) is 6.26 Å². The molecule has 15 heavy (non-hydrogen) atoms. The first-order valence-electron chi connectivity index (χ1n) is 4.80. The summed E-state index contributed by atoms with van der Waals surface area (Å²) in [5.74, 6) is -0.0215. The maximum absolute atomic E-state index is 11.8. The molecule has 1 aromatic rings. The van der Waals surface area contributed by atoms with Crippen LogP contribution in [0.1, 0.15) is 16.8 Å². The van der Waals surface area contributed by atoms with Crippen molar-refractivity contribution in [2.75, 3.05) is 27.2 Å². The summed E-state index contributed by atoms with van der Waals surface area (Å²) in [6.07, 6.45) is 2.44. The zero-order valence-electron chi connectivity index (χ0n) is 8.92. The van der Waals surface area contributed by atoms with Gasteiger partial charge in [-0.2, -0.15) is 0 Å². The van der Waals surface area contributed by atoms with E-state index in [1.807, 2.05) is 7.05 Å². The summed E-state index contributed by atoms with van der Waals surface area (Å²) in [4.78, 5) is 13.5. The molecule has 0 aliphatic heterocycles. The molecule has 5 heteroatoms. The van der Waals surface area contributed by atoms with E-state index in [0.717, 1.165) is 19.5 Å². The number of rotatable bonds is 5. The molecular weight excluding hydrogens is 260 g/mol. The van der Waals surface area contributed by atoms with Gasteiger partial charge in [-0.1, -0.05) is 0 Å². The Kier molecular flexibility index (Phi) is 4.84. The Morgan fingerprint density at radius 3 is 2.93 bits per heavy atom. The van der Waals surface area contributed by atoms with E-state index >= 15 is 0 Å². The van der Waals surface area contributed by atoms with Gasteiger partial charge in [-0.05, 0) is 42.0 Å². The Morgan fingerprint density at radius 1 is 1.67 bits per heavy atom. The molecule has 1 amide bonds. The molecule has 0 fully saturated rings. The minimum atomic E-state index is -0.0215. The number of hydrogen-bond acceptors (Lipinski definition) is 3. The van der Waals surface area contributed by atoms with Gasteiger partial charge in [0.1, 0.15) is 0 Å². The molecule has 0 aromatic carbocycles. The summed E-state index contributed by atoms with van der Waals surface area (Å²) >= 11 is 3.19. The van der Waals surface area contributed by atoms with E-state index in [-0.39, 0.29) is 5.91 Å². The van der Waals surface area contributed by atoms with Crippen LogP contribution < -0.4 is 5.32 Å². The molecule has 1 rings (SSSR count). The molecule has 0 radical (unpaired) electrons. The molecule has 0 aliphatic rings. The fourth-order valence-corrected chi connectivity index (χ4v) is 1.66. The van der Waals surface area contributed by atoms with Crippen LogP contribution in [0.2, 0.25) is 0 Å². The van der Waals surface area contributed by atoms with Gasteiger partial charge in [-0.3, -0.25) is 4.79 Å². The van der Waals surface area contributed by atoms with Crippen LogP contribution in [0.15, 0.2) is 21.4 Å². The van der Waals surface area contributed by atoms with Crippen molar-refractivity contribution in [1.29, 1.82) is 0 Å². The van der Waals surface area contributed by atoms with Crippen LogP contribution in [-0.2, 0) is 0 Å². The molecular formula is C10H15BrN2O2. The van der Waals surface area contributed by atoms with E-state index in [9.17, 15) is 4.79 Å². The molecule has 1 N–H and O–H groups in total. The number of hydrogen-bond donors (Lipinski definition) is 1. The number of nitrogens with zero attached hydrogens (tertiary/aromatic N) is 1. The molecule has 0 unspecified atom stereocenters. The highest BCUT2D eigenvalue weighted by Gasteiger charge is 2.16. The van der Waals surface area contributed by atoms with Crippen LogP contribution in [0.5, 0.6) is 0 Å². The number of furan rings is 1. The Balaban J connectivity index is 2.50. The minimum Gasteiger partial charge on any atom is -0.457 e. The van der Waals surface area contributed by atoms with Crippen LogP contribution >= 0.6 is 15.9 Å². The first-order chi connectivity index (χ1) is 7.16. The lowest BCUT2D eigenvalue weighted by molar-refractivity contribution is 0.0792. The normalized spacial score (nSPS) is 10.3. The maximum atomic E-state index is 11.8. The third-order valence-corrected chi connectivity index (χ3v) is 2.73. The van der Waals surface area contributed by atoms with Gasteiger partial charge in [0, 0.05) is 13.6 Å². The number of amides is 1. The summed E-state index contributed by atoms with van der Waals surface area (Å²) in [5, 5.41) is 3.04. The molecule has 0 saturated heterocycles. The first kappa shape index (κ1) is 12.3. The molecule has 0 atom stereocenters. The first-order valence-corrected chi connectivity index (χ1v) is 5.59. The quantitative estimate of drug-likeness (QED) is 0.832. The third-order valence-electron chi connectivity index (χ3n) is 2.12. The molecule has 1 aromatic heterocycles. The summed E-state index contributed by atoms with van der Waals surface area (Å²) in [5.41, 5.74) is 0.571. The second-order valence-corrected chi connectivity index (χ2v) is 4.01. The fraction of sp³-hybridized carbons (Fsp3) is 0.500. The van der Waals surface area contributed by atoms with Crippen molar-refractivity contribution in [3.8, 4) is 0 Å². The van der Waals surface area contributed by atoms with Crippen molar-refractivity contribution in [3.05, 3.63) is 22.6 Å². The van der Waals surface area contributed by atoms with Crippen LogP contribution in [0.3, 0.4) is 0 Å². The highest BCUT2D eigenvalue weighted by Crippen LogP contribution is 2.18. The summed E-state index contributed by atoms with van der Waals surface area (Å²) in [7, 11) is 3.69. The molecule has 0 aliphatic carbocycles. The van der Waals surface area contributed by atoms with Gasteiger partial charge in [0.05, 0.1) is 11.8 Å². The Bertz CT molecular complexity index is 325. The van der Waals surface area contributed by atoms with E-state index < -0.39 is 0 Å². The lowest BCUT2D eigenvalue weighted by Gasteiger charge is -2.16. The lowest BCUT2D eigenvalue weighted by atomic mass is 10.3. The van der Waals surface area contributed by atoms with Crippen LogP contribution in [-0.4, -0.2) is 38.0 Å². The van der Waals surface area contributed by atoms with Gasteiger partial charge in [-0.25, -0.2) is 0 Å². The maximum Gasteiger partial charge on any atom is 0.258 e. The largest absolute Gasteiger partial charge is 0.457 e. The molecule has 0 bridgehead atoms. The standard InChI is InChI=1S/C10H15BrN2O2/c1-12-5-3-6-13(2)10(14)8-4-7-15-9(8)11/h4,7,12H,3,5-6H2,1-2H3. The second-order valence-electron chi connectivity index (χ2n) is 3.29. The highest BCUT2D eigenvalue weighted by molar-refractivity contribution is 9.10. The number of halogens is 1. The van der Waals surface area contributed by atoms with Crippen LogP contribution in [0.25, 0.3) is 0 Å². The van der Waals surface area contributed by atoms with Crippen molar-refractivity contribution >= 4 is 21.8 Å². The molecule has 1 heterocycles. The Hall–Kier alpha value is -0.810. The topological polar surface area (TPSA) is 45.5 Å². The van der Waals surface area contributed by atoms with Gasteiger partial charge in [0.2, 0.25) is 0 Å². The Labute approximate surface area is 97.8 Å². The van der Waals surface area contributed by atoms with Crippen LogP contribution in [0.4, 0.5) is 0 Å². The van der Waals surface area contributed by atoms with E-state index in [0.29, 0.717) is 10.2 Å². The third kappa shape index (κ3) is 3.35. The van der Waals surface area contributed by atoms with Gasteiger partial charge in [0.25, 0.3) is 5.91 Å². The SMILES string of the molecule is CNCCCN(C)C(=O)c1ccoc1Br. The Morgan fingerprint density at radius 2 is 2.40 bits per heavy atom. The summed E-state index contributed by atoms with van der Waals surface area (Å²) in [6, 6.07) is 1.67. The number of nitrogens with one attached hydrogen (secondary N) is 1. The van der Waals surface area contributed by atoms with Gasteiger partial charge in [0.15, 0.2) is 4.67 Å². The van der Waals surface area contributed by atoms with Crippen LogP contribution in [0, 0.1) is 0 Å². The number of carbonyl (C=O) groups is 1. The van der Waals surface area contributed by atoms with Crippen molar-refractivity contribution < 1.29 is 9.21 Å². The van der Waals surface area contributed by atoms with Crippen molar-refractivity contribution in [3.63, 3.8) is 0 Å². The summed E-state index contributed by atoms with van der Waals surface area (Å²) in [6.45, 7) is 1.64. The second kappa shape index (κ2) is 5.92. The van der Waals surface area contributed by atoms with E-state index in [1.54, 1.807) is 18.0 Å². The van der Waals surface area contributed by atoms with Gasteiger partial charge < -0.3 is 14.6 Å². The van der Waals surface area contributed by atoms with Crippen molar-refractivity contribution in [1.82, 2.24) is 10.2 Å². The summed E-state index contributed by atoms with van der Waals surface area (Å²) < 4.78 is 5.51. The van der Waals surface area contributed by atoms with Crippen molar-refractivity contribution in [2.45, 2.75) is 6.42 Å². The predicted octanol–water partition coefficient (Wildman–Crippen LogP) is 1.72. The van der Waals surface area contributed by atoms with Gasteiger partial charge in [-0.15, -0.1) is 0 Å². The van der Waals surface area contributed by atoms with Crippen molar-refractivity contribution in [2.24, 2.45) is 0 Å². The predicted molar refractivity (Wildman–Crippen MR) is 61.9 cm³/mol. The molecule has 0 spiro atoms. The van der Waals surface area contributed by atoms with Gasteiger partial charge >= 0.3 is 0 Å². The lowest BCUT2D eigenvalue weighted by Crippen LogP contribution is -2.29. The number of carbonyl (C=O) groups excluding carboxylic acids is 1. The highest BCUT2D eigenvalue weighted by atomic mass is 79.9. The average Bonchev–Trinajstić information content (AvgIpc) is 2.63. The zero-order chi connectivity index (χ0) is 11.3. The molecule has 0 saturated carbocycles. The smallest absolute Gasteiger partial charge is 0.258 e. The molecule has 84 valence electrons.